The maximum atomic E-state index is 12.0. The van der Waals surface area contributed by atoms with Crippen LogP contribution in [0.4, 0.5) is 0 Å². The molecule has 0 N–H and O–H groups in total. The van der Waals surface area contributed by atoms with Crippen molar-refractivity contribution < 1.29 is 4.79 Å². The van der Waals surface area contributed by atoms with Gasteiger partial charge in [-0.25, -0.2) is 0 Å². The maximum Gasteiger partial charge on any atom is 0.153 e. The van der Waals surface area contributed by atoms with E-state index in [1.165, 1.54) is 0 Å². The highest BCUT2D eigenvalue weighted by Gasteiger charge is 2.31. The largest absolute Gasteiger partial charge is 0.298 e. The molecule has 1 fully saturated rings. The lowest BCUT2D eigenvalue weighted by Crippen LogP contribution is -2.27. The second-order valence-corrected chi connectivity index (χ2v) is 5.39. The minimum atomic E-state index is -0.0168. The topological polar surface area (TPSA) is 17.1 Å². The lowest BCUT2D eigenvalue weighted by molar-refractivity contribution is -0.121. The second-order valence-electron chi connectivity index (χ2n) is 3.87. The monoisotopic (exact) mass is 286 g/mol. The molecule has 0 aromatic heterocycles. The van der Waals surface area contributed by atoms with Gasteiger partial charge >= 0.3 is 0 Å². The summed E-state index contributed by atoms with van der Waals surface area (Å²) in [5.74, 6) is 0.256. The van der Waals surface area contributed by atoms with Crippen molar-refractivity contribution in [1.29, 1.82) is 0 Å². The van der Waals surface area contributed by atoms with E-state index in [1.807, 2.05) is 24.3 Å². The molecule has 80 valence electrons. The SMILES string of the molecule is O=C1C(Br)CCCC1c1ccccc1Cl. The Morgan fingerprint density at radius 1 is 1.27 bits per heavy atom. The third-order valence-corrected chi connectivity index (χ3v) is 4.14. The Bertz CT molecular complexity index is 378. The fourth-order valence-corrected chi connectivity index (χ4v) is 2.98. The Hall–Kier alpha value is -0.340. The van der Waals surface area contributed by atoms with Crippen molar-refractivity contribution in [1.82, 2.24) is 0 Å². The molecule has 0 bridgehead atoms. The molecule has 0 radical (unpaired) electrons. The van der Waals surface area contributed by atoms with Crippen molar-refractivity contribution in [3.63, 3.8) is 0 Å². The highest BCUT2D eigenvalue weighted by atomic mass is 79.9. The summed E-state index contributed by atoms with van der Waals surface area (Å²) < 4.78 is 0. The van der Waals surface area contributed by atoms with Crippen molar-refractivity contribution in [2.45, 2.75) is 30.0 Å². The zero-order valence-electron chi connectivity index (χ0n) is 8.25. The molecule has 1 aromatic rings. The average Bonchev–Trinajstić information content (AvgIpc) is 2.23. The van der Waals surface area contributed by atoms with Gasteiger partial charge in [0, 0.05) is 10.9 Å². The van der Waals surface area contributed by atoms with Crippen LogP contribution in [0.3, 0.4) is 0 Å². The van der Waals surface area contributed by atoms with Gasteiger partial charge in [0.05, 0.1) is 4.83 Å². The van der Waals surface area contributed by atoms with Gasteiger partial charge < -0.3 is 0 Å². The summed E-state index contributed by atoms with van der Waals surface area (Å²) in [4.78, 5) is 12.0. The van der Waals surface area contributed by atoms with Crippen LogP contribution in [0.15, 0.2) is 24.3 Å². The fourth-order valence-electron chi connectivity index (χ4n) is 2.07. The lowest BCUT2D eigenvalue weighted by Gasteiger charge is -2.25. The second kappa shape index (κ2) is 4.67. The summed E-state index contributed by atoms with van der Waals surface area (Å²) in [5.41, 5.74) is 0.980. The first kappa shape index (κ1) is 11.2. The highest BCUT2D eigenvalue weighted by Crippen LogP contribution is 2.36. The molecule has 1 nitrogen and oxygen atoms in total. The van der Waals surface area contributed by atoms with E-state index >= 15 is 0 Å². The molecule has 1 aromatic carbocycles. The van der Waals surface area contributed by atoms with Crippen molar-refractivity contribution in [2.24, 2.45) is 0 Å². The van der Waals surface area contributed by atoms with Crippen LogP contribution in [0, 0.1) is 0 Å². The quantitative estimate of drug-likeness (QED) is 0.715. The molecular formula is C12H12BrClO. The Balaban J connectivity index is 2.30. The van der Waals surface area contributed by atoms with Crippen LogP contribution in [0.5, 0.6) is 0 Å². The zero-order valence-corrected chi connectivity index (χ0v) is 10.6. The van der Waals surface area contributed by atoms with Crippen LogP contribution in [0.2, 0.25) is 5.02 Å². The summed E-state index contributed by atoms with van der Waals surface area (Å²) in [5, 5.41) is 0.706. The molecule has 2 atom stereocenters. The molecule has 1 saturated carbocycles. The smallest absolute Gasteiger partial charge is 0.153 e. The number of alkyl halides is 1. The predicted octanol–water partition coefficient (Wildman–Crippen LogP) is 3.94. The van der Waals surface area contributed by atoms with Gasteiger partial charge in [-0.1, -0.05) is 52.2 Å². The first-order valence-corrected chi connectivity index (χ1v) is 6.41. The molecule has 0 saturated heterocycles. The molecule has 2 unspecified atom stereocenters. The van der Waals surface area contributed by atoms with E-state index in [4.69, 9.17) is 11.6 Å². The number of carbonyl (C=O) groups excluding carboxylic acids is 1. The number of rotatable bonds is 1. The Kier molecular flexibility index (Phi) is 3.47. The number of hydrogen-bond acceptors (Lipinski definition) is 1. The minimum Gasteiger partial charge on any atom is -0.298 e. The van der Waals surface area contributed by atoms with Gasteiger partial charge in [-0.15, -0.1) is 0 Å². The van der Waals surface area contributed by atoms with Crippen LogP contribution >= 0.6 is 27.5 Å². The highest BCUT2D eigenvalue weighted by molar-refractivity contribution is 9.10. The van der Waals surface area contributed by atoms with Gasteiger partial charge in [0.1, 0.15) is 0 Å². The van der Waals surface area contributed by atoms with Crippen molar-refractivity contribution in [2.75, 3.05) is 0 Å². The third kappa shape index (κ3) is 2.26. The van der Waals surface area contributed by atoms with E-state index in [9.17, 15) is 4.79 Å². The summed E-state index contributed by atoms with van der Waals surface area (Å²) in [7, 11) is 0. The first-order valence-electron chi connectivity index (χ1n) is 5.12. The van der Waals surface area contributed by atoms with Crippen LogP contribution in [-0.2, 0) is 4.79 Å². The Morgan fingerprint density at radius 3 is 2.73 bits per heavy atom. The molecular weight excluding hydrogens is 275 g/mol. The van der Waals surface area contributed by atoms with Gasteiger partial charge in [0.25, 0.3) is 0 Å². The van der Waals surface area contributed by atoms with Crippen LogP contribution < -0.4 is 0 Å². The van der Waals surface area contributed by atoms with Crippen LogP contribution in [-0.4, -0.2) is 10.6 Å². The molecule has 1 aliphatic carbocycles. The molecule has 0 heterocycles. The van der Waals surface area contributed by atoms with Crippen molar-refractivity contribution in [3.05, 3.63) is 34.9 Å². The van der Waals surface area contributed by atoms with E-state index < -0.39 is 0 Å². The van der Waals surface area contributed by atoms with Gasteiger partial charge in [0.15, 0.2) is 5.78 Å². The Morgan fingerprint density at radius 2 is 2.00 bits per heavy atom. The van der Waals surface area contributed by atoms with E-state index in [2.05, 4.69) is 15.9 Å². The standard InChI is InChI=1S/C12H12BrClO/c13-10-6-3-5-9(12(10)15)8-4-1-2-7-11(8)14/h1-2,4,7,9-10H,3,5-6H2. The van der Waals surface area contributed by atoms with Gasteiger partial charge in [0.2, 0.25) is 0 Å². The van der Waals surface area contributed by atoms with Gasteiger partial charge in [-0.05, 0) is 24.5 Å². The molecule has 3 heteroatoms. The number of carbonyl (C=O) groups is 1. The molecule has 0 amide bonds. The summed E-state index contributed by atoms with van der Waals surface area (Å²) in [6.07, 6.45) is 2.95. The molecule has 2 rings (SSSR count). The Labute approximate surface area is 103 Å². The summed E-state index contributed by atoms with van der Waals surface area (Å²) in [6.45, 7) is 0. The van der Waals surface area contributed by atoms with Gasteiger partial charge in [-0.2, -0.15) is 0 Å². The average molecular weight is 288 g/mol. The predicted molar refractivity (Wildman–Crippen MR) is 65.8 cm³/mol. The summed E-state index contributed by atoms with van der Waals surface area (Å²) in [6, 6.07) is 7.63. The third-order valence-electron chi connectivity index (χ3n) is 2.88. The molecule has 1 aliphatic rings. The minimum absolute atomic E-state index is 0.00697. The number of benzene rings is 1. The van der Waals surface area contributed by atoms with Gasteiger partial charge in [-0.3, -0.25) is 4.79 Å². The van der Waals surface area contributed by atoms with Crippen molar-refractivity contribution in [3.8, 4) is 0 Å². The number of halogens is 2. The lowest BCUT2D eigenvalue weighted by atomic mass is 9.83. The van der Waals surface area contributed by atoms with E-state index in [-0.39, 0.29) is 16.5 Å². The number of ketones is 1. The van der Waals surface area contributed by atoms with Crippen LogP contribution in [0.25, 0.3) is 0 Å². The molecule has 15 heavy (non-hydrogen) atoms. The number of hydrogen-bond donors (Lipinski definition) is 0. The molecule has 0 spiro atoms. The van der Waals surface area contributed by atoms with Crippen LogP contribution in [0.1, 0.15) is 30.7 Å². The summed E-state index contributed by atoms with van der Waals surface area (Å²) >= 11 is 9.53. The fraction of sp³-hybridized carbons (Fsp3) is 0.417. The molecule has 0 aliphatic heterocycles. The zero-order chi connectivity index (χ0) is 10.8. The number of Topliss-reactive ketones (excluding diaryl/α,β-unsaturated/α-hetero) is 1. The maximum absolute atomic E-state index is 12.0. The van der Waals surface area contributed by atoms with E-state index in [1.54, 1.807) is 0 Å². The first-order chi connectivity index (χ1) is 7.20. The van der Waals surface area contributed by atoms with E-state index in [0.717, 1.165) is 24.8 Å². The van der Waals surface area contributed by atoms with Crippen molar-refractivity contribution >= 4 is 33.3 Å². The normalized spacial score (nSPS) is 26.7. The van der Waals surface area contributed by atoms with E-state index in [0.29, 0.717) is 5.02 Å².